The van der Waals surface area contributed by atoms with Crippen LogP contribution in [0, 0.1) is 11.3 Å². The summed E-state index contributed by atoms with van der Waals surface area (Å²) in [5.74, 6) is 2.11. The first-order chi connectivity index (χ1) is 13.7. The Bertz CT molecular complexity index is 1070. The molecule has 0 spiro atoms. The second kappa shape index (κ2) is 8.20. The fourth-order valence-corrected chi connectivity index (χ4v) is 3.38. The number of hydrogen-bond acceptors (Lipinski definition) is 4. The molecule has 1 aliphatic heterocycles. The summed E-state index contributed by atoms with van der Waals surface area (Å²) in [6.07, 6.45) is 1.84. The zero-order chi connectivity index (χ0) is 19.3. The Balaban J connectivity index is 1.53. The van der Waals surface area contributed by atoms with E-state index in [2.05, 4.69) is 22.0 Å². The molecule has 0 unspecified atom stereocenters. The number of benzene rings is 3. The van der Waals surface area contributed by atoms with Crippen LogP contribution in [-0.2, 0) is 6.61 Å². The predicted molar refractivity (Wildman–Crippen MR) is 111 cm³/mol. The van der Waals surface area contributed by atoms with Crippen LogP contribution in [0.25, 0.3) is 11.6 Å². The van der Waals surface area contributed by atoms with E-state index in [9.17, 15) is 5.26 Å². The lowest BCUT2D eigenvalue weighted by atomic mass is 10.0. The number of allylic oxidation sites excluding steroid dienone is 1. The van der Waals surface area contributed by atoms with Gasteiger partial charge < -0.3 is 14.2 Å². The molecule has 0 atom stereocenters. The summed E-state index contributed by atoms with van der Waals surface area (Å²) in [5.41, 5.74) is 3.33. The maximum absolute atomic E-state index is 9.60. The summed E-state index contributed by atoms with van der Waals surface area (Å²) in [6.45, 7) is 0.705. The van der Waals surface area contributed by atoms with Crippen LogP contribution in [0.3, 0.4) is 0 Å². The van der Waals surface area contributed by atoms with Crippen molar-refractivity contribution in [2.24, 2.45) is 0 Å². The van der Waals surface area contributed by atoms with Crippen LogP contribution in [0.2, 0.25) is 0 Å². The molecule has 3 aromatic carbocycles. The maximum atomic E-state index is 9.60. The van der Waals surface area contributed by atoms with Gasteiger partial charge in [-0.3, -0.25) is 0 Å². The van der Waals surface area contributed by atoms with E-state index >= 15 is 0 Å². The summed E-state index contributed by atoms with van der Waals surface area (Å²) < 4.78 is 17.4. The summed E-state index contributed by atoms with van der Waals surface area (Å²) in [7, 11) is 0. The third kappa shape index (κ3) is 4.03. The Morgan fingerprint density at radius 3 is 2.64 bits per heavy atom. The van der Waals surface area contributed by atoms with E-state index in [0.29, 0.717) is 23.7 Å². The van der Waals surface area contributed by atoms with Crippen molar-refractivity contribution >= 4 is 27.6 Å². The highest BCUT2D eigenvalue weighted by molar-refractivity contribution is 9.10. The molecule has 28 heavy (non-hydrogen) atoms. The first-order valence-corrected chi connectivity index (χ1v) is 9.50. The molecule has 0 aromatic heterocycles. The second-order valence-corrected chi connectivity index (χ2v) is 7.06. The molecule has 4 rings (SSSR count). The SMILES string of the molecule is N#C/C(=C/c1ccc(OCc2ccccc2)c(Br)c1)c1ccc2c(c1)OCO2. The molecular weight excluding hydrogens is 418 g/mol. The van der Waals surface area contributed by atoms with Gasteiger partial charge in [0.25, 0.3) is 0 Å². The Morgan fingerprint density at radius 1 is 1.04 bits per heavy atom. The number of rotatable bonds is 5. The van der Waals surface area contributed by atoms with Gasteiger partial charge in [0.15, 0.2) is 11.5 Å². The van der Waals surface area contributed by atoms with Crippen molar-refractivity contribution < 1.29 is 14.2 Å². The zero-order valence-electron chi connectivity index (χ0n) is 14.9. The van der Waals surface area contributed by atoms with Crippen molar-refractivity contribution in [3.63, 3.8) is 0 Å². The van der Waals surface area contributed by atoms with Crippen LogP contribution in [-0.4, -0.2) is 6.79 Å². The minimum Gasteiger partial charge on any atom is -0.488 e. The monoisotopic (exact) mass is 433 g/mol. The van der Waals surface area contributed by atoms with Crippen molar-refractivity contribution in [3.8, 4) is 23.3 Å². The van der Waals surface area contributed by atoms with E-state index in [1.54, 1.807) is 0 Å². The lowest BCUT2D eigenvalue weighted by Crippen LogP contribution is -1.95. The average Bonchev–Trinajstić information content (AvgIpc) is 3.20. The van der Waals surface area contributed by atoms with E-state index in [1.807, 2.05) is 72.8 Å². The van der Waals surface area contributed by atoms with Gasteiger partial charge in [-0.2, -0.15) is 5.26 Å². The Morgan fingerprint density at radius 2 is 1.86 bits per heavy atom. The largest absolute Gasteiger partial charge is 0.488 e. The first kappa shape index (κ1) is 18.1. The normalized spacial score (nSPS) is 12.5. The fraction of sp³-hybridized carbons (Fsp3) is 0.0870. The molecule has 1 heterocycles. The molecule has 4 nitrogen and oxygen atoms in total. The standard InChI is InChI=1S/C23H16BrNO3/c24-20-11-17(6-8-21(20)26-14-16-4-2-1-3-5-16)10-19(13-25)18-7-9-22-23(12-18)28-15-27-22/h1-12H,14-15H2/b19-10-. The number of hydrogen-bond donors (Lipinski definition) is 0. The van der Waals surface area contributed by atoms with Gasteiger partial charge in [0.1, 0.15) is 12.4 Å². The van der Waals surface area contributed by atoms with Crippen molar-refractivity contribution in [1.29, 1.82) is 5.26 Å². The topological polar surface area (TPSA) is 51.5 Å². The minimum atomic E-state index is 0.210. The van der Waals surface area contributed by atoms with Gasteiger partial charge in [-0.25, -0.2) is 0 Å². The van der Waals surface area contributed by atoms with Crippen LogP contribution >= 0.6 is 15.9 Å². The molecule has 3 aromatic rings. The first-order valence-electron chi connectivity index (χ1n) is 8.71. The van der Waals surface area contributed by atoms with Gasteiger partial charge in [-0.1, -0.05) is 36.4 Å². The van der Waals surface area contributed by atoms with Crippen LogP contribution < -0.4 is 14.2 Å². The molecule has 5 heteroatoms. The second-order valence-electron chi connectivity index (χ2n) is 6.20. The number of nitriles is 1. The number of halogens is 1. The average molecular weight is 434 g/mol. The highest BCUT2D eigenvalue weighted by Crippen LogP contribution is 2.35. The molecule has 1 aliphatic rings. The van der Waals surface area contributed by atoms with E-state index in [-0.39, 0.29) is 6.79 Å². The highest BCUT2D eigenvalue weighted by Gasteiger charge is 2.14. The van der Waals surface area contributed by atoms with E-state index in [1.165, 1.54) is 0 Å². The van der Waals surface area contributed by atoms with Gasteiger partial charge in [0.2, 0.25) is 6.79 Å². The highest BCUT2D eigenvalue weighted by atomic mass is 79.9. The van der Waals surface area contributed by atoms with E-state index < -0.39 is 0 Å². The molecule has 0 N–H and O–H groups in total. The summed E-state index contributed by atoms with van der Waals surface area (Å²) >= 11 is 3.56. The quantitative estimate of drug-likeness (QED) is 0.375. The van der Waals surface area contributed by atoms with Gasteiger partial charge >= 0.3 is 0 Å². The molecule has 0 amide bonds. The molecule has 0 radical (unpaired) electrons. The molecule has 0 saturated heterocycles. The van der Waals surface area contributed by atoms with E-state index in [4.69, 9.17) is 14.2 Å². The molecule has 0 saturated carbocycles. The lowest BCUT2D eigenvalue weighted by Gasteiger charge is -2.09. The van der Waals surface area contributed by atoms with Crippen molar-refractivity contribution in [2.45, 2.75) is 6.61 Å². The smallest absolute Gasteiger partial charge is 0.231 e. The Kier molecular flexibility index (Phi) is 5.31. The van der Waals surface area contributed by atoms with Gasteiger partial charge in [-0.15, -0.1) is 0 Å². The Labute approximate surface area is 171 Å². The molecular formula is C23H16BrNO3. The van der Waals surface area contributed by atoms with Crippen molar-refractivity contribution in [2.75, 3.05) is 6.79 Å². The third-order valence-corrected chi connectivity index (χ3v) is 4.93. The molecule has 138 valence electrons. The third-order valence-electron chi connectivity index (χ3n) is 4.31. The van der Waals surface area contributed by atoms with Crippen molar-refractivity contribution in [1.82, 2.24) is 0 Å². The number of fused-ring (bicyclic) bond motifs is 1. The summed E-state index contributed by atoms with van der Waals surface area (Å²) in [6, 6.07) is 23.5. The summed E-state index contributed by atoms with van der Waals surface area (Å²) in [4.78, 5) is 0. The van der Waals surface area contributed by atoms with Crippen molar-refractivity contribution in [3.05, 3.63) is 87.9 Å². The summed E-state index contributed by atoms with van der Waals surface area (Å²) in [5, 5.41) is 9.60. The molecule has 0 bridgehead atoms. The van der Waals surface area contributed by atoms with Gasteiger partial charge in [-0.05, 0) is 69.0 Å². The lowest BCUT2D eigenvalue weighted by molar-refractivity contribution is 0.174. The van der Waals surface area contributed by atoms with Gasteiger partial charge in [0.05, 0.1) is 16.1 Å². The molecule has 0 aliphatic carbocycles. The Hall–Kier alpha value is -3.23. The van der Waals surface area contributed by atoms with Crippen LogP contribution in [0.5, 0.6) is 17.2 Å². The molecule has 0 fully saturated rings. The minimum absolute atomic E-state index is 0.210. The fourth-order valence-electron chi connectivity index (χ4n) is 2.87. The number of nitrogens with zero attached hydrogens (tertiary/aromatic N) is 1. The van der Waals surface area contributed by atoms with Crippen LogP contribution in [0.4, 0.5) is 0 Å². The van der Waals surface area contributed by atoms with Crippen LogP contribution in [0.15, 0.2) is 71.2 Å². The van der Waals surface area contributed by atoms with Gasteiger partial charge in [0, 0.05) is 0 Å². The predicted octanol–water partition coefficient (Wildman–Crippen LogP) is 5.82. The number of ether oxygens (including phenoxy) is 3. The van der Waals surface area contributed by atoms with E-state index in [0.717, 1.165) is 26.9 Å². The maximum Gasteiger partial charge on any atom is 0.231 e. The van der Waals surface area contributed by atoms with Crippen LogP contribution in [0.1, 0.15) is 16.7 Å². The zero-order valence-corrected chi connectivity index (χ0v) is 16.5.